The predicted octanol–water partition coefficient (Wildman–Crippen LogP) is 1.38. The van der Waals surface area contributed by atoms with Gasteiger partial charge < -0.3 is 19.5 Å². The zero-order valence-electron chi connectivity index (χ0n) is 20.7. The van der Waals surface area contributed by atoms with Gasteiger partial charge >= 0.3 is 5.69 Å². The van der Waals surface area contributed by atoms with Crippen LogP contribution in [0.1, 0.15) is 38.5 Å². The number of allylic oxidation sites excluding steroid dienone is 2. The largest absolute Gasteiger partial charge is 0.375 e. The zero-order chi connectivity index (χ0) is 25.4. The van der Waals surface area contributed by atoms with Gasteiger partial charge in [-0.1, -0.05) is 23.2 Å². The number of aromatic amines is 1. The number of H-pyrrole nitrogens is 1. The lowest BCUT2D eigenvalue weighted by Gasteiger charge is -2.45. The van der Waals surface area contributed by atoms with Crippen LogP contribution in [0.3, 0.4) is 0 Å². The van der Waals surface area contributed by atoms with E-state index in [0.29, 0.717) is 41.9 Å². The van der Waals surface area contributed by atoms with Crippen LogP contribution in [0.4, 0.5) is 0 Å². The van der Waals surface area contributed by atoms with Crippen molar-refractivity contribution in [2.45, 2.75) is 50.4 Å². The Bertz CT molecular complexity index is 1290. The van der Waals surface area contributed by atoms with E-state index in [0.717, 1.165) is 45.1 Å². The average molecular weight is 508 g/mol. The number of rotatable bonds is 6. The van der Waals surface area contributed by atoms with Gasteiger partial charge in [-0.15, -0.1) is 0 Å². The number of carbonyl (C=O) groups is 1. The van der Waals surface area contributed by atoms with Gasteiger partial charge in [0, 0.05) is 32.4 Å². The zero-order valence-corrected chi connectivity index (χ0v) is 21.6. The molecule has 190 valence electrons. The Morgan fingerprint density at radius 1 is 1.17 bits per heavy atom. The number of amides is 1. The minimum Gasteiger partial charge on any atom is -0.375 e. The molecule has 2 saturated carbocycles. The normalized spacial score (nSPS) is 24.3. The molecule has 2 aromatic rings. The first-order valence-corrected chi connectivity index (χ1v) is 13.3. The molecule has 1 aromatic carbocycles. The Balaban J connectivity index is 1.25. The van der Waals surface area contributed by atoms with Gasteiger partial charge in [0.25, 0.3) is 5.56 Å². The molecule has 5 rings (SSSR count). The second kappa shape index (κ2) is 10.5. The maximum absolute atomic E-state index is 13.0. The van der Waals surface area contributed by atoms with Crippen LogP contribution in [0.15, 0.2) is 39.1 Å². The van der Waals surface area contributed by atoms with E-state index in [1.807, 2.05) is 4.90 Å². The molecule has 2 radical (unpaired) electrons. The molecule has 3 aliphatic rings. The van der Waals surface area contributed by atoms with Gasteiger partial charge in [-0.25, -0.2) is 4.79 Å². The van der Waals surface area contributed by atoms with Crippen LogP contribution in [-0.4, -0.2) is 71.8 Å². The Labute approximate surface area is 217 Å². The van der Waals surface area contributed by atoms with Crippen LogP contribution < -0.4 is 16.7 Å². The summed E-state index contributed by atoms with van der Waals surface area (Å²) in [5.74, 6) is 0.749. The first-order valence-electron chi connectivity index (χ1n) is 12.8. The van der Waals surface area contributed by atoms with Gasteiger partial charge in [0.15, 0.2) is 0 Å². The summed E-state index contributed by atoms with van der Waals surface area (Å²) in [6.45, 7) is 2.59. The molecule has 1 atom stereocenters. The highest BCUT2D eigenvalue weighted by molar-refractivity contribution is 7.80. The van der Waals surface area contributed by atoms with Gasteiger partial charge in [-0.2, -0.15) is 12.6 Å². The lowest BCUT2D eigenvalue weighted by atomic mass is 9.79. The molecule has 8 nitrogen and oxygen atoms in total. The molecular weight excluding hydrogens is 475 g/mol. The van der Waals surface area contributed by atoms with Crippen molar-refractivity contribution >= 4 is 42.7 Å². The van der Waals surface area contributed by atoms with E-state index >= 15 is 0 Å². The number of nitrogens with one attached hydrogen (secondary N) is 1. The highest BCUT2D eigenvalue weighted by Gasteiger charge is 2.36. The van der Waals surface area contributed by atoms with Gasteiger partial charge in [0.1, 0.15) is 14.5 Å². The number of aromatic nitrogens is 2. The second-order valence-corrected chi connectivity index (χ2v) is 10.9. The highest BCUT2D eigenvalue weighted by Crippen LogP contribution is 2.44. The standard InChI is InChI=1S/C26H33BN4O4S/c1-35-15-22(32)29-10-11-30(23(36)14-29)24(18-6-7-18)17-4-2-16(3-5-17)13-31-25(33)20-12-19(27)8-9-21(20)28-26(31)34/h8-9,12,16-17,23,36H,2-7,10-11,13-15H2,1H3,(H,28,34)/t16?,17?,23-/m0/s1. The number of methoxy groups -OCH3 is 1. The van der Waals surface area contributed by atoms with Crippen molar-refractivity contribution in [3.63, 3.8) is 0 Å². The van der Waals surface area contributed by atoms with Crippen LogP contribution in [0.2, 0.25) is 0 Å². The predicted molar refractivity (Wildman–Crippen MR) is 144 cm³/mol. The van der Waals surface area contributed by atoms with Crippen LogP contribution >= 0.6 is 12.6 Å². The summed E-state index contributed by atoms with van der Waals surface area (Å²) in [5, 5.41) is 0.425. The van der Waals surface area contributed by atoms with Crippen molar-refractivity contribution in [2.75, 3.05) is 33.4 Å². The number of thiol groups is 1. The average Bonchev–Trinajstić information content (AvgIpc) is 3.70. The summed E-state index contributed by atoms with van der Waals surface area (Å²) in [6.07, 6.45) is 6.27. The number of hydrogen-bond acceptors (Lipinski definition) is 6. The number of hydrogen-bond donors (Lipinski definition) is 2. The molecule has 1 aromatic heterocycles. The maximum Gasteiger partial charge on any atom is 0.328 e. The molecular formula is C26H33BN4O4S. The van der Waals surface area contributed by atoms with Crippen LogP contribution in [0.5, 0.6) is 0 Å². The lowest BCUT2D eigenvalue weighted by Crippen LogP contribution is -2.53. The fourth-order valence-electron chi connectivity index (χ4n) is 5.84. The van der Waals surface area contributed by atoms with Crippen LogP contribution in [0.25, 0.3) is 10.9 Å². The lowest BCUT2D eigenvalue weighted by molar-refractivity contribution is -0.137. The van der Waals surface area contributed by atoms with Crippen molar-refractivity contribution in [3.8, 4) is 0 Å². The van der Waals surface area contributed by atoms with Crippen molar-refractivity contribution in [3.05, 3.63) is 50.3 Å². The summed E-state index contributed by atoms with van der Waals surface area (Å²) in [4.78, 5) is 45.0. The Hall–Kier alpha value is -2.46. The van der Waals surface area contributed by atoms with E-state index in [2.05, 4.69) is 9.88 Å². The van der Waals surface area contributed by atoms with E-state index in [9.17, 15) is 14.4 Å². The molecule has 1 N–H and O–H groups in total. The molecule has 0 unspecified atom stereocenters. The SMILES string of the molecule is [B]c1ccc2[nH]c(=O)n(CC3CCC(C(=C4CC4)N4CCN(C(=O)COC)C[C@@H]4S)CC3)c(=O)c2c1. The molecule has 10 heteroatoms. The third-order valence-corrected chi connectivity index (χ3v) is 8.27. The Morgan fingerprint density at radius 3 is 2.58 bits per heavy atom. The monoisotopic (exact) mass is 508 g/mol. The Kier molecular flexibility index (Phi) is 7.35. The number of nitrogens with zero attached hydrogens (tertiary/aromatic N) is 3. The fraction of sp³-hybridized carbons (Fsp3) is 0.577. The van der Waals surface area contributed by atoms with E-state index in [1.54, 1.807) is 25.3 Å². The first-order chi connectivity index (χ1) is 17.4. The van der Waals surface area contributed by atoms with Gasteiger partial charge in [-0.05, 0) is 56.4 Å². The molecule has 36 heavy (non-hydrogen) atoms. The Morgan fingerprint density at radius 2 is 1.92 bits per heavy atom. The summed E-state index contributed by atoms with van der Waals surface area (Å²) in [5.41, 5.74) is 3.34. The molecule has 3 fully saturated rings. The molecule has 2 aliphatic carbocycles. The van der Waals surface area contributed by atoms with Crippen molar-refractivity contribution in [2.24, 2.45) is 11.8 Å². The van der Waals surface area contributed by atoms with E-state index in [1.165, 1.54) is 15.8 Å². The number of benzene rings is 1. The summed E-state index contributed by atoms with van der Waals surface area (Å²) < 4.78 is 6.36. The van der Waals surface area contributed by atoms with Gasteiger partial charge in [0.05, 0.1) is 22.8 Å². The van der Waals surface area contributed by atoms with E-state index in [-0.39, 0.29) is 35.1 Å². The first kappa shape index (κ1) is 25.2. The van der Waals surface area contributed by atoms with Gasteiger partial charge in [-0.3, -0.25) is 14.2 Å². The fourth-order valence-corrected chi connectivity index (χ4v) is 6.28. The molecule has 1 saturated heterocycles. The highest BCUT2D eigenvalue weighted by atomic mass is 32.1. The quantitative estimate of drug-likeness (QED) is 0.455. The molecule has 1 aliphatic heterocycles. The minimum absolute atomic E-state index is 0.0129. The smallest absolute Gasteiger partial charge is 0.328 e. The summed E-state index contributed by atoms with van der Waals surface area (Å²) in [6, 6.07) is 4.99. The second-order valence-electron chi connectivity index (χ2n) is 10.3. The van der Waals surface area contributed by atoms with Crippen molar-refractivity contribution in [1.82, 2.24) is 19.4 Å². The summed E-state index contributed by atoms with van der Waals surface area (Å²) in [7, 11) is 7.41. The third kappa shape index (κ3) is 5.16. The van der Waals surface area contributed by atoms with Crippen molar-refractivity contribution < 1.29 is 9.53 Å². The molecule has 1 amide bonds. The van der Waals surface area contributed by atoms with Crippen LogP contribution in [0, 0.1) is 11.8 Å². The minimum atomic E-state index is -0.362. The van der Waals surface area contributed by atoms with Crippen LogP contribution in [-0.2, 0) is 16.1 Å². The maximum atomic E-state index is 13.0. The van der Waals surface area contributed by atoms with Crippen molar-refractivity contribution in [1.29, 1.82) is 0 Å². The molecule has 0 bridgehead atoms. The molecule has 0 spiro atoms. The number of ether oxygens (including phenoxy) is 1. The van der Waals surface area contributed by atoms with E-state index < -0.39 is 0 Å². The third-order valence-electron chi connectivity index (χ3n) is 7.83. The topological polar surface area (TPSA) is 87.6 Å². The number of piperazine rings is 1. The summed E-state index contributed by atoms with van der Waals surface area (Å²) >= 11 is 4.87. The molecule has 2 heterocycles. The van der Waals surface area contributed by atoms with E-state index in [4.69, 9.17) is 25.2 Å². The van der Waals surface area contributed by atoms with Gasteiger partial charge in [0.2, 0.25) is 5.91 Å². The number of carbonyl (C=O) groups excluding carboxylic acids is 1. The number of fused-ring (bicyclic) bond motifs is 1.